The number of aliphatic carboxylic acids is 2. The topological polar surface area (TPSA) is 74.6 Å². The summed E-state index contributed by atoms with van der Waals surface area (Å²) in [5, 5.41) is 18.3. The molecule has 25 heavy (non-hydrogen) atoms. The quantitative estimate of drug-likeness (QED) is 0.326. The smallest absolute Gasteiger partial charge is 0.310 e. The Labute approximate surface area is 154 Å². The molecule has 0 saturated heterocycles. The van der Waals surface area contributed by atoms with Crippen molar-refractivity contribution in [2.45, 2.75) is 105 Å². The highest BCUT2D eigenvalue weighted by molar-refractivity contribution is 5.75. The summed E-state index contributed by atoms with van der Waals surface area (Å²) in [4.78, 5) is 22.2. The van der Waals surface area contributed by atoms with Gasteiger partial charge in [0, 0.05) is 6.42 Å². The van der Waals surface area contributed by atoms with Crippen molar-refractivity contribution in [3.63, 3.8) is 0 Å². The second-order valence-corrected chi connectivity index (χ2v) is 8.08. The minimum atomic E-state index is -0.693. The lowest BCUT2D eigenvalue weighted by Gasteiger charge is -2.37. The molecule has 0 heterocycles. The summed E-state index contributed by atoms with van der Waals surface area (Å²) in [6.45, 7) is 8.13. The zero-order valence-electron chi connectivity index (χ0n) is 16.9. The number of carbonyl (C=O) groups is 2. The molecular formula is C21H40O4. The molecule has 148 valence electrons. The molecule has 0 aromatic rings. The summed E-state index contributed by atoms with van der Waals surface area (Å²) in [5.74, 6) is -1.01. The number of unbranched alkanes of at least 4 members (excludes halogenated alkanes) is 9. The van der Waals surface area contributed by atoms with Gasteiger partial charge in [-0.3, -0.25) is 9.59 Å². The first-order chi connectivity index (χ1) is 11.7. The van der Waals surface area contributed by atoms with Crippen LogP contribution in [0.3, 0.4) is 0 Å². The maximum Gasteiger partial charge on any atom is 0.310 e. The lowest BCUT2D eigenvalue weighted by molar-refractivity contribution is -0.156. The van der Waals surface area contributed by atoms with Gasteiger partial charge in [-0.25, -0.2) is 0 Å². The van der Waals surface area contributed by atoms with Gasteiger partial charge in [-0.05, 0) is 24.7 Å². The Kier molecular flexibility index (Phi) is 12.6. The largest absolute Gasteiger partial charge is 0.481 e. The first-order valence-corrected chi connectivity index (χ1v) is 10.2. The van der Waals surface area contributed by atoms with Crippen LogP contribution in [0.15, 0.2) is 0 Å². The SMILES string of the molecule is CC(C)C(CCCCCCCCCCCCC(=O)O)(C(=O)O)C(C)C. The predicted octanol–water partition coefficient (Wildman–Crippen LogP) is 6.14. The molecule has 2 N–H and O–H groups in total. The Bertz CT molecular complexity index is 366. The summed E-state index contributed by atoms with van der Waals surface area (Å²) in [7, 11) is 0. The molecule has 0 amide bonds. The fourth-order valence-corrected chi connectivity index (χ4v) is 3.95. The van der Waals surface area contributed by atoms with Crippen molar-refractivity contribution >= 4 is 11.9 Å². The van der Waals surface area contributed by atoms with Gasteiger partial charge in [0.25, 0.3) is 0 Å². The molecule has 0 atom stereocenters. The highest BCUT2D eigenvalue weighted by Gasteiger charge is 2.43. The van der Waals surface area contributed by atoms with Gasteiger partial charge in [0.2, 0.25) is 0 Å². The molecule has 0 aromatic heterocycles. The third-order valence-electron chi connectivity index (χ3n) is 5.69. The van der Waals surface area contributed by atoms with Gasteiger partial charge in [0.15, 0.2) is 0 Å². The molecule has 0 rings (SSSR count). The summed E-state index contributed by atoms with van der Waals surface area (Å²) < 4.78 is 0. The molecule has 4 heteroatoms. The summed E-state index contributed by atoms with van der Waals surface area (Å²) in [6, 6.07) is 0. The Morgan fingerprint density at radius 3 is 1.36 bits per heavy atom. The average molecular weight is 357 g/mol. The number of rotatable bonds is 16. The molecule has 0 fully saturated rings. The Balaban J connectivity index is 3.74. The van der Waals surface area contributed by atoms with Gasteiger partial charge >= 0.3 is 11.9 Å². The van der Waals surface area contributed by atoms with Crippen molar-refractivity contribution in [1.29, 1.82) is 0 Å². The molecule has 0 aromatic carbocycles. The average Bonchev–Trinajstić information content (AvgIpc) is 2.50. The van der Waals surface area contributed by atoms with Crippen molar-refractivity contribution in [2.75, 3.05) is 0 Å². The van der Waals surface area contributed by atoms with E-state index in [1.165, 1.54) is 32.1 Å². The predicted molar refractivity (Wildman–Crippen MR) is 103 cm³/mol. The molecule has 0 aliphatic rings. The lowest BCUT2D eigenvalue weighted by atomic mass is 9.66. The van der Waals surface area contributed by atoms with E-state index in [0.29, 0.717) is 6.42 Å². The van der Waals surface area contributed by atoms with Crippen LogP contribution in [-0.4, -0.2) is 22.2 Å². The van der Waals surface area contributed by atoms with Crippen molar-refractivity contribution in [3.05, 3.63) is 0 Å². The van der Waals surface area contributed by atoms with Crippen LogP contribution >= 0.6 is 0 Å². The highest BCUT2D eigenvalue weighted by Crippen LogP contribution is 2.41. The fraction of sp³-hybridized carbons (Fsp3) is 0.905. The van der Waals surface area contributed by atoms with Crippen LogP contribution in [0.4, 0.5) is 0 Å². The van der Waals surface area contributed by atoms with E-state index in [1.54, 1.807) is 0 Å². The maximum absolute atomic E-state index is 11.8. The van der Waals surface area contributed by atoms with Gasteiger partial charge < -0.3 is 10.2 Å². The van der Waals surface area contributed by atoms with Gasteiger partial charge in [-0.1, -0.05) is 85.5 Å². The number of hydrogen-bond donors (Lipinski definition) is 2. The van der Waals surface area contributed by atoms with Crippen molar-refractivity contribution < 1.29 is 19.8 Å². The van der Waals surface area contributed by atoms with E-state index in [-0.39, 0.29) is 11.8 Å². The van der Waals surface area contributed by atoms with Crippen molar-refractivity contribution in [2.24, 2.45) is 17.3 Å². The van der Waals surface area contributed by atoms with Gasteiger partial charge in [-0.2, -0.15) is 0 Å². The fourth-order valence-electron chi connectivity index (χ4n) is 3.95. The van der Waals surface area contributed by atoms with Crippen LogP contribution < -0.4 is 0 Å². The molecule has 0 unspecified atom stereocenters. The minimum absolute atomic E-state index is 0.158. The number of hydrogen-bond acceptors (Lipinski definition) is 2. The second-order valence-electron chi connectivity index (χ2n) is 8.08. The van der Waals surface area contributed by atoms with Crippen LogP contribution in [0.25, 0.3) is 0 Å². The summed E-state index contributed by atoms with van der Waals surface area (Å²) in [5.41, 5.74) is -0.587. The van der Waals surface area contributed by atoms with Crippen LogP contribution in [0.2, 0.25) is 0 Å². The third-order valence-corrected chi connectivity index (χ3v) is 5.69. The van der Waals surface area contributed by atoms with E-state index in [1.807, 2.05) is 27.7 Å². The van der Waals surface area contributed by atoms with Crippen molar-refractivity contribution in [3.8, 4) is 0 Å². The van der Waals surface area contributed by atoms with Gasteiger partial charge in [-0.15, -0.1) is 0 Å². The summed E-state index contributed by atoms with van der Waals surface area (Å²) in [6.07, 6.45) is 12.2. The van der Waals surface area contributed by atoms with Crippen LogP contribution in [0, 0.1) is 17.3 Å². The van der Waals surface area contributed by atoms with Gasteiger partial charge in [0.05, 0.1) is 5.41 Å². The Morgan fingerprint density at radius 1 is 0.680 bits per heavy atom. The number of carboxylic acids is 2. The zero-order valence-corrected chi connectivity index (χ0v) is 16.9. The third kappa shape index (κ3) is 9.27. The van der Waals surface area contributed by atoms with E-state index < -0.39 is 17.4 Å². The second kappa shape index (κ2) is 13.2. The zero-order chi connectivity index (χ0) is 19.3. The van der Waals surface area contributed by atoms with Crippen molar-refractivity contribution in [1.82, 2.24) is 0 Å². The Hall–Kier alpha value is -1.06. The standard InChI is InChI=1S/C21H40O4/c1-17(2)21(18(3)4,20(24)25)16-14-12-10-8-6-5-7-9-11-13-15-19(22)23/h17-18H,5-16H2,1-4H3,(H,22,23)(H,24,25). The molecule has 0 saturated carbocycles. The van der Waals surface area contributed by atoms with E-state index in [4.69, 9.17) is 5.11 Å². The van der Waals surface area contributed by atoms with E-state index in [2.05, 4.69) is 0 Å². The maximum atomic E-state index is 11.8. The molecule has 4 nitrogen and oxygen atoms in total. The van der Waals surface area contributed by atoms with E-state index in [9.17, 15) is 14.7 Å². The Morgan fingerprint density at radius 2 is 1.04 bits per heavy atom. The highest BCUT2D eigenvalue weighted by atomic mass is 16.4. The monoisotopic (exact) mass is 356 g/mol. The first kappa shape index (κ1) is 23.9. The van der Waals surface area contributed by atoms with E-state index >= 15 is 0 Å². The normalized spacial score (nSPS) is 12.1. The molecule has 0 aliphatic heterocycles. The molecular weight excluding hydrogens is 316 g/mol. The lowest BCUT2D eigenvalue weighted by Crippen LogP contribution is -2.41. The minimum Gasteiger partial charge on any atom is -0.481 e. The first-order valence-electron chi connectivity index (χ1n) is 10.2. The van der Waals surface area contributed by atoms with E-state index in [0.717, 1.165) is 38.5 Å². The van der Waals surface area contributed by atoms with Crippen LogP contribution in [-0.2, 0) is 9.59 Å². The van der Waals surface area contributed by atoms with Crippen LogP contribution in [0.1, 0.15) is 105 Å². The number of carboxylic acid groups (broad SMARTS) is 2. The van der Waals surface area contributed by atoms with Gasteiger partial charge in [0.1, 0.15) is 0 Å². The molecule has 0 spiro atoms. The molecule has 0 radical (unpaired) electrons. The molecule has 0 aliphatic carbocycles. The van der Waals surface area contributed by atoms with Crippen LogP contribution in [0.5, 0.6) is 0 Å². The summed E-state index contributed by atoms with van der Waals surface area (Å²) >= 11 is 0. The molecule has 0 bridgehead atoms.